The van der Waals surface area contributed by atoms with Gasteiger partial charge < -0.3 is 9.47 Å². The lowest BCUT2D eigenvalue weighted by Crippen LogP contribution is -2.40. The minimum absolute atomic E-state index is 0.123. The molecule has 6 nitrogen and oxygen atoms in total. The molecule has 0 saturated carbocycles. The zero-order valence-corrected chi connectivity index (χ0v) is 13.2. The summed E-state index contributed by atoms with van der Waals surface area (Å²) in [5.41, 5.74) is 2.20. The molecular formula is C16H23N5O. The second-order valence-corrected chi connectivity index (χ2v) is 5.89. The standard InChI is InChI=1S/C16H23N5O/c1-3-14-17-7-9-20(14)11-15(22)21-8-5-4-6-13(21)16-12(2)10-18-19-16/h7,9-10,13H,3-6,8,11H2,1-2H3,(H,18,19)/t13-/m0/s1. The van der Waals surface area contributed by atoms with Crippen LogP contribution in [0, 0.1) is 6.92 Å². The number of nitrogens with zero attached hydrogens (tertiary/aromatic N) is 4. The normalized spacial score (nSPS) is 18.6. The minimum Gasteiger partial charge on any atom is -0.333 e. The number of piperidine rings is 1. The summed E-state index contributed by atoms with van der Waals surface area (Å²) in [6.07, 6.45) is 9.54. The Labute approximate surface area is 130 Å². The van der Waals surface area contributed by atoms with E-state index in [1.807, 2.05) is 28.8 Å². The summed E-state index contributed by atoms with van der Waals surface area (Å²) in [7, 11) is 0. The molecule has 0 aliphatic carbocycles. The molecule has 0 unspecified atom stereocenters. The second-order valence-electron chi connectivity index (χ2n) is 5.89. The SMILES string of the molecule is CCc1nccn1CC(=O)N1CCCC[C@H]1c1[nH]ncc1C. The van der Waals surface area contributed by atoms with Gasteiger partial charge in [-0.1, -0.05) is 6.92 Å². The summed E-state index contributed by atoms with van der Waals surface area (Å²) in [5, 5.41) is 7.19. The third-order valence-electron chi connectivity index (χ3n) is 4.45. The molecule has 0 aromatic carbocycles. The van der Waals surface area contributed by atoms with E-state index in [0.717, 1.165) is 49.3 Å². The average molecular weight is 301 g/mol. The molecule has 6 heteroatoms. The average Bonchev–Trinajstić information content (AvgIpc) is 3.15. The highest BCUT2D eigenvalue weighted by Crippen LogP contribution is 2.31. The van der Waals surface area contributed by atoms with Gasteiger partial charge in [-0.3, -0.25) is 9.89 Å². The van der Waals surface area contributed by atoms with Crippen LogP contribution in [0.3, 0.4) is 0 Å². The molecule has 3 heterocycles. The molecule has 1 amide bonds. The minimum atomic E-state index is 0.123. The van der Waals surface area contributed by atoms with Crippen molar-refractivity contribution < 1.29 is 4.79 Å². The van der Waals surface area contributed by atoms with Crippen molar-refractivity contribution in [3.05, 3.63) is 35.7 Å². The molecule has 0 bridgehead atoms. The molecule has 1 saturated heterocycles. The predicted molar refractivity (Wildman–Crippen MR) is 83.2 cm³/mol. The number of aromatic nitrogens is 4. The molecule has 118 valence electrons. The number of H-pyrrole nitrogens is 1. The third-order valence-corrected chi connectivity index (χ3v) is 4.45. The monoisotopic (exact) mass is 301 g/mol. The van der Waals surface area contributed by atoms with Crippen molar-refractivity contribution in [2.24, 2.45) is 0 Å². The van der Waals surface area contributed by atoms with E-state index >= 15 is 0 Å². The van der Waals surface area contributed by atoms with Crippen molar-refractivity contribution >= 4 is 5.91 Å². The van der Waals surface area contributed by atoms with Crippen LogP contribution in [0.2, 0.25) is 0 Å². The van der Waals surface area contributed by atoms with E-state index in [1.165, 1.54) is 0 Å². The maximum atomic E-state index is 12.8. The van der Waals surface area contributed by atoms with Crippen LogP contribution < -0.4 is 0 Å². The van der Waals surface area contributed by atoms with Gasteiger partial charge in [0.05, 0.1) is 17.9 Å². The maximum absolute atomic E-state index is 12.8. The summed E-state index contributed by atoms with van der Waals surface area (Å²) in [4.78, 5) is 19.1. The summed E-state index contributed by atoms with van der Waals surface area (Å²) in [5.74, 6) is 1.12. The van der Waals surface area contributed by atoms with Crippen LogP contribution in [0.1, 0.15) is 49.3 Å². The van der Waals surface area contributed by atoms with Crippen molar-refractivity contribution in [2.45, 2.75) is 52.1 Å². The predicted octanol–water partition coefficient (Wildman–Crippen LogP) is 2.23. The quantitative estimate of drug-likeness (QED) is 0.941. The van der Waals surface area contributed by atoms with Gasteiger partial charge >= 0.3 is 0 Å². The highest BCUT2D eigenvalue weighted by atomic mass is 16.2. The maximum Gasteiger partial charge on any atom is 0.243 e. The first-order valence-corrected chi connectivity index (χ1v) is 8.00. The second kappa shape index (κ2) is 6.34. The van der Waals surface area contributed by atoms with Crippen molar-refractivity contribution in [1.82, 2.24) is 24.6 Å². The number of amides is 1. The smallest absolute Gasteiger partial charge is 0.243 e. The van der Waals surface area contributed by atoms with Gasteiger partial charge in [-0.05, 0) is 31.7 Å². The van der Waals surface area contributed by atoms with Gasteiger partial charge in [0.2, 0.25) is 5.91 Å². The first-order valence-electron chi connectivity index (χ1n) is 8.00. The van der Waals surface area contributed by atoms with Crippen LogP contribution in [0.4, 0.5) is 0 Å². The molecule has 1 aliphatic heterocycles. The molecule has 22 heavy (non-hydrogen) atoms. The van der Waals surface area contributed by atoms with Gasteiger partial charge in [0.15, 0.2) is 0 Å². The number of aryl methyl sites for hydroxylation is 2. The van der Waals surface area contributed by atoms with E-state index in [-0.39, 0.29) is 11.9 Å². The van der Waals surface area contributed by atoms with E-state index in [4.69, 9.17) is 0 Å². The molecule has 1 fully saturated rings. The number of likely N-dealkylation sites (tertiary alicyclic amines) is 1. The van der Waals surface area contributed by atoms with Gasteiger partial charge in [-0.25, -0.2) is 4.98 Å². The molecule has 0 spiro atoms. The van der Waals surface area contributed by atoms with Crippen molar-refractivity contribution in [3.8, 4) is 0 Å². The van der Waals surface area contributed by atoms with Gasteiger partial charge in [-0.15, -0.1) is 0 Å². The number of carbonyl (C=O) groups is 1. The van der Waals surface area contributed by atoms with Crippen LogP contribution in [-0.2, 0) is 17.8 Å². The highest BCUT2D eigenvalue weighted by molar-refractivity contribution is 5.76. The lowest BCUT2D eigenvalue weighted by atomic mass is 9.97. The van der Waals surface area contributed by atoms with E-state index in [2.05, 4.69) is 22.1 Å². The number of rotatable bonds is 4. The summed E-state index contributed by atoms with van der Waals surface area (Å²) in [6, 6.07) is 0.123. The number of imidazole rings is 1. The van der Waals surface area contributed by atoms with E-state index in [9.17, 15) is 4.79 Å². The number of hydrogen-bond donors (Lipinski definition) is 1. The van der Waals surface area contributed by atoms with Crippen LogP contribution in [0.25, 0.3) is 0 Å². The number of carbonyl (C=O) groups excluding carboxylic acids is 1. The van der Waals surface area contributed by atoms with Crippen LogP contribution in [-0.4, -0.2) is 37.1 Å². The van der Waals surface area contributed by atoms with E-state index in [0.29, 0.717) is 6.54 Å². The van der Waals surface area contributed by atoms with Crippen molar-refractivity contribution in [1.29, 1.82) is 0 Å². The van der Waals surface area contributed by atoms with Crippen molar-refractivity contribution in [3.63, 3.8) is 0 Å². The van der Waals surface area contributed by atoms with Crippen molar-refractivity contribution in [2.75, 3.05) is 6.54 Å². The Morgan fingerprint density at radius 2 is 2.32 bits per heavy atom. The number of nitrogens with one attached hydrogen (secondary N) is 1. The van der Waals surface area contributed by atoms with Gasteiger partial charge in [0.1, 0.15) is 12.4 Å². The Bertz CT molecular complexity index is 645. The molecule has 1 atom stereocenters. The molecule has 1 aliphatic rings. The zero-order valence-electron chi connectivity index (χ0n) is 13.2. The molecule has 1 N–H and O–H groups in total. The zero-order chi connectivity index (χ0) is 15.5. The van der Waals surface area contributed by atoms with Gasteiger partial charge in [0.25, 0.3) is 0 Å². The fraction of sp³-hybridized carbons (Fsp3) is 0.562. The Hall–Kier alpha value is -2.11. The highest BCUT2D eigenvalue weighted by Gasteiger charge is 2.30. The summed E-state index contributed by atoms with van der Waals surface area (Å²) < 4.78 is 1.95. The first-order chi connectivity index (χ1) is 10.7. The third kappa shape index (κ3) is 2.77. The molecule has 0 radical (unpaired) electrons. The fourth-order valence-corrected chi connectivity index (χ4v) is 3.26. The topological polar surface area (TPSA) is 66.8 Å². The van der Waals surface area contributed by atoms with Gasteiger partial charge in [0, 0.05) is 25.4 Å². The Morgan fingerprint density at radius 1 is 1.45 bits per heavy atom. The lowest BCUT2D eigenvalue weighted by molar-refractivity contribution is -0.135. The Balaban J connectivity index is 1.79. The molecule has 3 rings (SSSR count). The summed E-state index contributed by atoms with van der Waals surface area (Å²) in [6.45, 7) is 5.28. The van der Waals surface area contributed by atoms with E-state index in [1.54, 1.807) is 6.20 Å². The number of hydrogen-bond acceptors (Lipinski definition) is 3. The summed E-state index contributed by atoms with van der Waals surface area (Å²) >= 11 is 0. The van der Waals surface area contributed by atoms with Crippen LogP contribution >= 0.6 is 0 Å². The lowest BCUT2D eigenvalue weighted by Gasteiger charge is -2.35. The molecule has 2 aromatic rings. The number of aromatic amines is 1. The van der Waals surface area contributed by atoms with Crippen LogP contribution in [0.15, 0.2) is 18.6 Å². The molecular weight excluding hydrogens is 278 g/mol. The van der Waals surface area contributed by atoms with Gasteiger partial charge in [-0.2, -0.15) is 5.10 Å². The van der Waals surface area contributed by atoms with E-state index < -0.39 is 0 Å². The van der Waals surface area contributed by atoms with Crippen LogP contribution in [0.5, 0.6) is 0 Å². The first kappa shape index (κ1) is 14.8. The largest absolute Gasteiger partial charge is 0.333 e. The Kier molecular flexibility index (Phi) is 4.27. The fourth-order valence-electron chi connectivity index (χ4n) is 3.26. The molecule has 2 aromatic heterocycles. The Morgan fingerprint density at radius 3 is 3.05 bits per heavy atom.